The molecule has 0 saturated carbocycles. The van der Waals surface area contributed by atoms with Crippen LogP contribution >= 0.6 is 12.2 Å². The van der Waals surface area contributed by atoms with Crippen LogP contribution in [0.4, 0.5) is 42.1 Å². The molecular weight excluding hydrogens is 519 g/mol. The Morgan fingerprint density at radius 2 is 1.41 bits per heavy atom. The third-order valence-electron chi connectivity index (χ3n) is 3.73. The number of nitrogens with two attached hydrogens (primary N) is 1. The summed E-state index contributed by atoms with van der Waals surface area (Å²) in [5.41, 5.74) is 0.205. The third kappa shape index (κ3) is 8.83. The van der Waals surface area contributed by atoms with Gasteiger partial charge in [0.15, 0.2) is 18.3 Å². The van der Waals surface area contributed by atoms with E-state index in [9.17, 15) is 39.2 Å². The Kier molecular flexibility index (Phi) is 8.54. The first-order valence-corrected chi connectivity index (χ1v) is 10.8. The Bertz CT molecular complexity index is 1110. The molecule has 0 atom stereocenters. The summed E-state index contributed by atoms with van der Waals surface area (Å²) < 4.78 is 120. The molecule has 0 fully saturated rings. The SMILES string of the molecule is NS(=O)(=O)c1ccc(NC(=S)Nc2cc(OCC(F)(F)F)cc(OCC(F)(F)C(F)F)c2)cc1. The van der Waals surface area contributed by atoms with E-state index in [-0.39, 0.29) is 15.7 Å². The van der Waals surface area contributed by atoms with E-state index in [4.69, 9.17) is 17.4 Å². The van der Waals surface area contributed by atoms with E-state index in [1.165, 1.54) is 24.3 Å². The van der Waals surface area contributed by atoms with Crippen LogP contribution in [-0.4, -0.2) is 45.3 Å². The predicted octanol–water partition coefficient (Wildman–Crippen LogP) is 4.36. The maximum absolute atomic E-state index is 13.1. The smallest absolute Gasteiger partial charge is 0.422 e. The van der Waals surface area contributed by atoms with Crippen LogP contribution in [0.15, 0.2) is 47.4 Å². The van der Waals surface area contributed by atoms with Crippen LogP contribution < -0.4 is 25.2 Å². The van der Waals surface area contributed by atoms with Gasteiger partial charge < -0.3 is 20.1 Å². The van der Waals surface area contributed by atoms with Crippen LogP contribution in [-0.2, 0) is 10.0 Å². The summed E-state index contributed by atoms with van der Waals surface area (Å²) in [5, 5.41) is 10.0. The number of benzene rings is 2. The van der Waals surface area contributed by atoms with Gasteiger partial charge in [0.1, 0.15) is 11.5 Å². The summed E-state index contributed by atoms with van der Waals surface area (Å²) in [4.78, 5) is -0.172. The number of ether oxygens (including phenoxy) is 2. The van der Waals surface area contributed by atoms with Gasteiger partial charge in [-0.15, -0.1) is 0 Å². The standard InChI is InChI=1S/C18H16F7N3O4S2/c19-15(20)17(21,22)8-31-12-5-11(6-13(7-12)32-9-18(23,24)25)28-16(33)27-10-1-3-14(4-2-10)34(26,29)30/h1-7,15H,8-9H2,(H2,26,29,30)(H2,27,28,33). The average molecular weight is 535 g/mol. The Morgan fingerprint density at radius 1 is 0.912 bits per heavy atom. The summed E-state index contributed by atoms with van der Waals surface area (Å²) >= 11 is 5.05. The van der Waals surface area contributed by atoms with E-state index >= 15 is 0 Å². The molecule has 0 radical (unpaired) electrons. The molecule has 0 amide bonds. The van der Waals surface area contributed by atoms with E-state index in [0.717, 1.165) is 18.2 Å². The van der Waals surface area contributed by atoms with Gasteiger partial charge in [-0.3, -0.25) is 0 Å². The fourth-order valence-electron chi connectivity index (χ4n) is 2.24. The van der Waals surface area contributed by atoms with Crippen molar-refractivity contribution in [2.24, 2.45) is 5.14 Å². The largest absolute Gasteiger partial charge is 0.487 e. The molecule has 0 heterocycles. The van der Waals surface area contributed by atoms with Crippen molar-refractivity contribution in [1.29, 1.82) is 0 Å². The number of nitrogens with one attached hydrogen (secondary N) is 2. The van der Waals surface area contributed by atoms with Gasteiger partial charge in [0.2, 0.25) is 10.0 Å². The molecule has 0 bridgehead atoms. The van der Waals surface area contributed by atoms with Crippen LogP contribution in [0.5, 0.6) is 11.5 Å². The van der Waals surface area contributed by atoms with Gasteiger partial charge in [-0.2, -0.15) is 22.0 Å². The van der Waals surface area contributed by atoms with Crippen molar-refractivity contribution in [1.82, 2.24) is 0 Å². The second-order valence-corrected chi connectivity index (χ2v) is 8.57. The molecule has 188 valence electrons. The Balaban J connectivity index is 2.18. The zero-order valence-corrected chi connectivity index (χ0v) is 18.3. The molecular formula is C18H16F7N3O4S2. The summed E-state index contributed by atoms with van der Waals surface area (Å²) in [6.07, 6.45) is -8.74. The summed E-state index contributed by atoms with van der Waals surface area (Å²) in [5.74, 6) is -5.48. The fourth-order valence-corrected chi connectivity index (χ4v) is 2.99. The molecule has 2 aromatic rings. The first-order chi connectivity index (χ1) is 15.5. The van der Waals surface area contributed by atoms with Gasteiger partial charge in [-0.05, 0) is 36.5 Å². The van der Waals surface area contributed by atoms with Crippen molar-refractivity contribution < 1.29 is 48.6 Å². The highest BCUT2D eigenvalue weighted by Crippen LogP contribution is 2.30. The van der Waals surface area contributed by atoms with Gasteiger partial charge in [-0.25, -0.2) is 22.3 Å². The summed E-state index contributed by atoms with van der Waals surface area (Å²) in [6, 6.07) is 7.85. The Hall–Kier alpha value is -2.85. The summed E-state index contributed by atoms with van der Waals surface area (Å²) in [7, 11) is -3.93. The van der Waals surface area contributed by atoms with Crippen molar-refractivity contribution in [3.05, 3.63) is 42.5 Å². The van der Waals surface area contributed by atoms with Gasteiger partial charge >= 0.3 is 18.5 Å². The molecule has 0 aliphatic heterocycles. The Labute approximate surface area is 194 Å². The zero-order chi connectivity index (χ0) is 25.7. The van der Waals surface area contributed by atoms with Gasteiger partial charge in [-0.1, -0.05) is 0 Å². The highest BCUT2D eigenvalue weighted by molar-refractivity contribution is 7.89. The number of anilines is 2. The predicted molar refractivity (Wildman–Crippen MR) is 112 cm³/mol. The molecule has 0 unspecified atom stereocenters. The van der Waals surface area contributed by atoms with E-state index in [2.05, 4.69) is 20.1 Å². The lowest BCUT2D eigenvalue weighted by atomic mass is 10.2. The number of hydrogen-bond donors (Lipinski definition) is 3. The molecule has 0 aromatic heterocycles. The molecule has 2 rings (SSSR count). The highest BCUT2D eigenvalue weighted by atomic mass is 32.2. The lowest BCUT2D eigenvalue weighted by Crippen LogP contribution is -2.33. The normalized spacial score (nSPS) is 12.4. The minimum Gasteiger partial charge on any atom is -0.487 e. The number of primary sulfonamides is 1. The third-order valence-corrected chi connectivity index (χ3v) is 4.87. The van der Waals surface area contributed by atoms with Crippen LogP contribution in [0.25, 0.3) is 0 Å². The molecule has 0 aliphatic rings. The van der Waals surface area contributed by atoms with Crippen molar-refractivity contribution in [3.63, 3.8) is 0 Å². The molecule has 0 saturated heterocycles. The molecule has 16 heteroatoms. The van der Waals surface area contributed by atoms with Crippen molar-refractivity contribution >= 4 is 38.7 Å². The number of rotatable bonds is 9. The molecule has 34 heavy (non-hydrogen) atoms. The molecule has 4 N–H and O–H groups in total. The lowest BCUT2D eigenvalue weighted by Gasteiger charge is -2.18. The number of hydrogen-bond acceptors (Lipinski definition) is 5. The van der Waals surface area contributed by atoms with Crippen LogP contribution in [0, 0.1) is 0 Å². The highest BCUT2D eigenvalue weighted by Gasteiger charge is 2.41. The van der Waals surface area contributed by atoms with Crippen LogP contribution in [0.1, 0.15) is 0 Å². The first-order valence-electron chi connectivity index (χ1n) is 8.89. The van der Waals surface area contributed by atoms with Gasteiger partial charge in [0.05, 0.1) is 4.90 Å². The average Bonchev–Trinajstić information content (AvgIpc) is 2.70. The van der Waals surface area contributed by atoms with Crippen LogP contribution in [0.2, 0.25) is 0 Å². The molecule has 0 aliphatic carbocycles. The number of sulfonamides is 1. The number of alkyl halides is 7. The second kappa shape index (κ2) is 10.6. The van der Waals surface area contributed by atoms with E-state index < -0.39 is 53.3 Å². The Morgan fingerprint density at radius 3 is 1.88 bits per heavy atom. The van der Waals surface area contributed by atoms with Crippen LogP contribution in [0.3, 0.4) is 0 Å². The number of thiocarbonyl (C=S) groups is 1. The molecule has 0 spiro atoms. The second-order valence-electron chi connectivity index (χ2n) is 6.60. The van der Waals surface area contributed by atoms with Crippen molar-refractivity contribution in [2.45, 2.75) is 23.4 Å². The first kappa shape index (κ1) is 27.4. The maximum atomic E-state index is 13.1. The monoisotopic (exact) mass is 535 g/mol. The number of halogens is 7. The topological polar surface area (TPSA) is 103 Å². The van der Waals surface area contributed by atoms with Gasteiger partial charge in [0.25, 0.3) is 0 Å². The molecule has 7 nitrogen and oxygen atoms in total. The van der Waals surface area contributed by atoms with E-state index in [1.54, 1.807) is 0 Å². The maximum Gasteiger partial charge on any atom is 0.422 e. The lowest BCUT2D eigenvalue weighted by molar-refractivity contribution is -0.153. The van der Waals surface area contributed by atoms with Crippen molar-refractivity contribution in [2.75, 3.05) is 23.8 Å². The summed E-state index contributed by atoms with van der Waals surface area (Å²) in [6.45, 7) is -3.46. The minimum absolute atomic E-state index is 0.0892. The van der Waals surface area contributed by atoms with E-state index in [1.807, 2.05) is 0 Å². The fraction of sp³-hybridized carbons (Fsp3) is 0.278. The minimum atomic E-state index is -4.72. The quantitative estimate of drug-likeness (QED) is 0.324. The van der Waals surface area contributed by atoms with Gasteiger partial charge in [0, 0.05) is 29.6 Å². The zero-order valence-electron chi connectivity index (χ0n) is 16.7. The molecule has 2 aromatic carbocycles. The van der Waals surface area contributed by atoms with E-state index in [0.29, 0.717) is 5.69 Å². The van der Waals surface area contributed by atoms with Crippen molar-refractivity contribution in [3.8, 4) is 11.5 Å².